The molecule has 94 valence electrons. The number of aromatic nitrogens is 2. The Morgan fingerprint density at radius 2 is 1.83 bits per heavy atom. The first-order chi connectivity index (χ1) is 8.47. The number of rotatable bonds is 2. The number of nitrogens with zero attached hydrogens (tertiary/aromatic N) is 2. The normalized spacial score (nSPS) is 10.4. The highest BCUT2D eigenvalue weighted by molar-refractivity contribution is 9.10. The summed E-state index contributed by atoms with van der Waals surface area (Å²) in [6, 6.07) is 3.27. The van der Waals surface area contributed by atoms with E-state index in [1.807, 2.05) is 0 Å². The lowest BCUT2D eigenvalue weighted by molar-refractivity contribution is 0.449. The van der Waals surface area contributed by atoms with Gasteiger partial charge in [0.25, 0.3) is 0 Å². The zero-order valence-corrected chi connectivity index (χ0v) is 10.3. The Balaban J connectivity index is 2.37. The van der Waals surface area contributed by atoms with Crippen LogP contribution in [0.15, 0.2) is 22.8 Å². The SMILES string of the molecule is Nc1cc(Br)nc(Nc2ccc(F)c(F)c2F)n1. The van der Waals surface area contributed by atoms with Gasteiger partial charge in [0.15, 0.2) is 17.5 Å². The largest absolute Gasteiger partial charge is 0.383 e. The molecule has 4 nitrogen and oxygen atoms in total. The van der Waals surface area contributed by atoms with Gasteiger partial charge in [-0.05, 0) is 28.1 Å². The topological polar surface area (TPSA) is 63.8 Å². The summed E-state index contributed by atoms with van der Waals surface area (Å²) in [5.74, 6) is -4.08. The molecule has 0 aliphatic rings. The van der Waals surface area contributed by atoms with Gasteiger partial charge in [-0.25, -0.2) is 18.2 Å². The van der Waals surface area contributed by atoms with Crippen molar-refractivity contribution in [3.63, 3.8) is 0 Å². The van der Waals surface area contributed by atoms with E-state index in [0.717, 1.165) is 12.1 Å². The van der Waals surface area contributed by atoms with E-state index < -0.39 is 17.5 Å². The van der Waals surface area contributed by atoms with Gasteiger partial charge < -0.3 is 11.1 Å². The molecule has 1 heterocycles. The van der Waals surface area contributed by atoms with Gasteiger partial charge >= 0.3 is 0 Å². The Morgan fingerprint density at radius 1 is 1.11 bits per heavy atom. The third-order valence-electron chi connectivity index (χ3n) is 2.00. The first kappa shape index (κ1) is 12.6. The molecule has 3 N–H and O–H groups in total. The van der Waals surface area contributed by atoms with Gasteiger partial charge in [0.1, 0.15) is 10.4 Å². The molecule has 0 saturated heterocycles. The maximum atomic E-state index is 13.4. The monoisotopic (exact) mass is 318 g/mol. The Kier molecular flexibility index (Phi) is 3.37. The molecule has 0 fully saturated rings. The van der Waals surface area contributed by atoms with Crippen LogP contribution in [-0.4, -0.2) is 9.97 Å². The maximum Gasteiger partial charge on any atom is 0.230 e. The molecule has 0 aliphatic carbocycles. The lowest BCUT2D eigenvalue weighted by Crippen LogP contribution is -2.03. The highest BCUT2D eigenvalue weighted by atomic mass is 79.9. The van der Waals surface area contributed by atoms with Crippen LogP contribution < -0.4 is 11.1 Å². The van der Waals surface area contributed by atoms with E-state index in [-0.39, 0.29) is 17.5 Å². The number of halogens is 4. The standard InChI is InChI=1S/C10H6BrF3N4/c11-6-3-7(15)18-10(17-6)16-5-2-1-4(12)8(13)9(5)14/h1-3H,(H3,15,16,17,18). The molecule has 8 heteroatoms. The van der Waals surface area contributed by atoms with Crippen LogP contribution in [0.1, 0.15) is 0 Å². The minimum absolute atomic E-state index is 0.0354. The van der Waals surface area contributed by atoms with Crippen molar-refractivity contribution in [3.05, 3.63) is 40.3 Å². The number of anilines is 3. The minimum atomic E-state index is -1.57. The second-order valence-electron chi connectivity index (χ2n) is 3.29. The number of benzene rings is 1. The number of nitrogen functional groups attached to an aromatic ring is 1. The molecule has 0 spiro atoms. The van der Waals surface area contributed by atoms with Crippen LogP contribution in [0.25, 0.3) is 0 Å². The van der Waals surface area contributed by atoms with Crippen LogP contribution in [-0.2, 0) is 0 Å². The molecular formula is C10H6BrF3N4. The van der Waals surface area contributed by atoms with Crippen LogP contribution in [0.3, 0.4) is 0 Å². The van der Waals surface area contributed by atoms with E-state index in [9.17, 15) is 13.2 Å². The fraction of sp³-hybridized carbons (Fsp3) is 0. The molecule has 0 unspecified atom stereocenters. The average Bonchev–Trinajstić information content (AvgIpc) is 2.29. The van der Waals surface area contributed by atoms with E-state index in [0.29, 0.717) is 4.60 Å². The van der Waals surface area contributed by atoms with E-state index >= 15 is 0 Å². The molecule has 2 rings (SSSR count). The summed E-state index contributed by atoms with van der Waals surface area (Å²) in [5.41, 5.74) is 5.17. The Morgan fingerprint density at radius 3 is 2.50 bits per heavy atom. The third kappa shape index (κ3) is 2.53. The summed E-state index contributed by atoms with van der Waals surface area (Å²) in [4.78, 5) is 7.62. The quantitative estimate of drug-likeness (QED) is 0.660. The zero-order chi connectivity index (χ0) is 13.3. The summed E-state index contributed by atoms with van der Waals surface area (Å²) in [6.07, 6.45) is 0. The van der Waals surface area contributed by atoms with Gasteiger partial charge in [0.2, 0.25) is 5.95 Å². The summed E-state index contributed by atoms with van der Waals surface area (Å²) >= 11 is 3.07. The summed E-state index contributed by atoms with van der Waals surface area (Å²) in [6.45, 7) is 0. The van der Waals surface area contributed by atoms with Gasteiger partial charge in [-0.1, -0.05) is 0 Å². The molecule has 1 aromatic carbocycles. The first-order valence-electron chi connectivity index (χ1n) is 4.68. The van der Waals surface area contributed by atoms with Crippen LogP contribution in [0.5, 0.6) is 0 Å². The van der Waals surface area contributed by atoms with Crippen molar-refractivity contribution in [1.82, 2.24) is 9.97 Å². The van der Waals surface area contributed by atoms with Crippen LogP contribution in [0, 0.1) is 17.5 Å². The van der Waals surface area contributed by atoms with E-state index in [1.54, 1.807) is 0 Å². The zero-order valence-electron chi connectivity index (χ0n) is 8.72. The van der Waals surface area contributed by atoms with Gasteiger partial charge in [-0.15, -0.1) is 0 Å². The molecule has 0 amide bonds. The predicted molar refractivity (Wildman–Crippen MR) is 63.7 cm³/mol. The van der Waals surface area contributed by atoms with Crippen LogP contribution in [0.4, 0.5) is 30.6 Å². The second-order valence-corrected chi connectivity index (χ2v) is 4.10. The maximum absolute atomic E-state index is 13.4. The number of hydrogen-bond donors (Lipinski definition) is 2. The number of nitrogens with one attached hydrogen (secondary N) is 1. The summed E-state index contributed by atoms with van der Waals surface area (Å²) < 4.78 is 39.5. The minimum Gasteiger partial charge on any atom is -0.383 e. The lowest BCUT2D eigenvalue weighted by atomic mass is 10.3. The van der Waals surface area contributed by atoms with Crippen molar-refractivity contribution in [2.75, 3.05) is 11.1 Å². The Bertz CT molecular complexity index is 586. The van der Waals surface area contributed by atoms with Crippen molar-refractivity contribution in [3.8, 4) is 0 Å². The Hall–Kier alpha value is -1.83. The number of nitrogens with two attached hydrogens (primary N) is 1. The fourth-order valence-electron chi connectivity index (χ4n) is 1.23. The molecule has 0 radical (unpaired) electrons. The van der Waals surface area contributed by atoms with Crippen molar-refractivity contribution in [1.29, 1.82) is 0 Å². The lowest BCUT2D eigenvalue weighted by Gasteiger charge is -2.07. The van der Waals surface area contributed by atoms with Crippen molar-refractivity contribution >= 4 is 33.4 Å². The molecule has 2 aromatic rings. The molecule has 0 bridgehead atoms. The Labute approximate surface area is 108 Å². The predicted octanol–water partition coefficient (Wildman–Crippen LogP) is 2.98. The third-order valence-corrected chi connectivity index (χ3v) is 2.40. The first-order valence-corrected chi connectivity index (χ1v) is 5.47. The molecular weight excluding hydrogens is 313 g/mol. The summed E-state index contributed by atoms with van der Waals surface area (Å²) in [5, 5.41) is 2.41. The highest BCUT2D eigenvalue weighted by Crippen LogP contribution is 2.23. The van der Waals surface area contributed by atoms with Crippen molar-refractivity contribution in [2.45, 2.75) is 0 Å². The van der Waals surface area contributed by atoms with Crippen LogP contribution >= 0.6 is 15.9 Å². The number of hydrogen-bond acceptors (Lipinski definition) is 4. The van der Waals surface area contributed by atoms with E-state index in [1.165, 1.54) is 6.07 Å². The van der Waals surface area contributed by atoms with Gasteiger partial charge in [-0.2, -0.15) is 4.98 Å². The second kappa shape index (κ2) is 4.81. The molecule has 0 atom stereocenters. The van der Waals surface area contributed by atoms with Gasteiger partial charge in [0, 0.05) is 6.07 Å². The van der Waals surface area contributed by atoms with Crippen molar-refractivity contribution in [2.24, 2.45) is 0 Å². The van der Waals surface area contributed by atoms with E-state index in [4.69, 9.17) is 5.73 Å². The highest BCUT2D eigenvalue weighted by Gasteiger charge is 2.14. The molecule has 0 aliphatic heterocycles. The van der Waals surface area contributed by atoms with Gasteiger partial charge in [-0.3, -0.25) is 0 Å². The van der Waals surface area contributed by atoms with Gasteiger partial charge in [0.05, 0.1) is 5.69 Å². The van der Waals surface area contributed by atoms with Crippen molar-refractivity contribution < 1.29 is 13.2 Å². The molecule has 0 saturated carbocycles. The summed E-state index contributed by atoms with van der Waals surface area (Å²) in [7, 11) is 0. The van der Waals surface area contributed by atoms with Crippen LogP contribution in [0.2, 0.25) is 0 Å². The smallest absolute Gasteiger partial charge is 0.230 e. The van der Waals surface area contributed by atoms with E-state index in [2.05, 4.69) is 31.2 Å². The fourth-order valence-corrected chi connectivity index (χ4v) is 1.64. The average molecular weight is 319 g/mol. The molecule has 18 heavy (non-hydrogen) atoms. The molecule has 1 aromatic heterocycles.